The average molecular weight is 114 g/mol. The molecule has 0 spiro atoms. The first-order chi connectivity index (χ1) is 3.70. The number of allylic oxidation sites excluding steroid dienone is 1. The van der Waals surface area contributed by atoms with Gasteiger partial charge in [0.25, 0.3) is 5.88 Å². The standard InChI is InChI=1S/C4H4NO3/c6-2-1-3(7)5-4(2)8/h1,6-8H. The molecule has 8 heavy (non-hydrogen) atoms. The molecular weight excluding hydrogens is 110 g/mol. The lowest BCUT2D eigenvalue weighted by atomic mass is 10.5. The second-order valence-corrected chi connectivity index (χ2v) is 1.32. The third-order valence-corrected chi connectivity index (χ3v) is 0.715. The predicted molar refractivity (Wildman–Crippen MR) is 25.1 cm³/mol. The van der Waals surface area contributed by atoms with Crippen LogP contribution in [0.5, 0.6) is 0 Å². The van der Waals surface area contributed by atoms with Gasteiger partial charge in [-0.25, -0.2) is 0 Å². The van der Waals surface area contributed by atoms with Crippen molar-refractivity contribution in [3.8, 4) is 0 Å². The van der Waals surface area contributed by atoms with E-state index in [0.29, 0.717) is 0 Å². The van der Waals surface area contributed by atoms with Crippen LogP contribution in [0.3, 0.4) is 0 Å². The van der Waals surface area contributed by atoms with Crippen LogP contribution in [0.15, 0.2) is 23.6 Å². The summed E-state index contributed by atoms with van der Waals surface area (Å²) in [6, 6.07) is 0. The van der Waals surface area contributed by atoms with Gasteiger partial charge in [0, 0.05) is 6.08 Å². The van der Waals surface area contributed by atoms with Gasteiger partial charge in [0.2, 0.25) is 5.88 Å². The number of nitrogens with zero attached hydrogens (tertiary/aromatic N) is 1. The lowest BCUT2D eigenvalue weighted by Crippen LogP contribution is -1.97. The van der Waals surface area contributed by atoms with Gasteiger partial charge in [-0.1, -0.05) is 0 Å². The van der Waals surface area contributed by atoms with Gasteiger partial charge < -0.3 is 15.3 Å². The Kier molecular flexibility index (Phi) is 0.802. The van der Waals surface area contributed by atoms with Gasteiger partial charge >= 0.3 is 0 Å². The van der Waals surface area contributed by atoms with Crippen LogP contribution in [-0.2, 0) is 0 Å². The SMILES string of the molecule is OC1=CC(O)=C(O)[N]1. The summed E-state index contributed by atoms with van der Waals surface area (Å²) < 4.78 is 0. The highest BCUT2D eigenvalue weighted by atomic mass is 16.3. The Bertz CT molecular complexity index is 170. The van der Waals surface area contributed by atoms with Gasteiger partial charge in [-0.05, 0) is 0 Å². The van der Waals surface area contributed by atoms with Crippen molar-refractivity contribution in [1.82, 2.24) is 5.32 Å². The van der Waals surface area contributed by atoms with Crippen LogP contribution >= 0.6 is 0 Å². The maximum absolute atomic E-state index is 8.47. The molecule has 0 saturated carbocycles. The fourth-order valence-corrected chi connectivity index (χ4v) is 0.385. The molecule has 1 heterocycles. The van der Waals surface area contributed by atoms with E-state index in [-0.39, 0.29) is 5.88 Å². The zero-order valence-electron chi connectivity index (χ0n) is 3.87. The maximum Gasteiger partial charge on any atom is 0.257 e. The van der Waals surface area contributed by atoms with Crippen LogP contribution in [-0.4, -0.2) is 15.3 Å². The zero-order valence-corrected chi connectivity index (χ0v) is 3.87. The molecule has 1 aliphatic rings. The molecule has 0 amide bonds. The first-order valence-electron chi connectivity index (χ1n) is 1.95. The lowest BCUT2D eigenvalue weighted by molar-refractivity contribution is 0.299. The second-order valence-electron chi connectivity index (χ2n) is 1.32. The number of hydrogen-bond acceptors (Lipinski definition) is 3. The summed E-state index contributed by atoms with van der Waals surface area (Å²) in [5.74, 6) is -1.31. The molecule has 1 aliphatic heterocycles. The van der Waals surface area contributed by atoms with Crippen molar-refractivity contribution in [1.29, 1.82) is 0 Å². The molecule has 0 aromatic heterocycles. The summed E-state index contributed by atoms with van der Waals surface area (Å²) >= 11 is 0. The molecule has 0 aromatic carbocycles. The number of rotatable bonds is 0. The van der Waals surface area contributed by atoms with Crippen molar-refractivity contribution < 1.29 is 15.3 Å². The Morgan fingerprint density at radius 3 is 2.00 bits per heavy atom. The molecule has 1 rings (SSSR count). The Hall–Kier alpha value is -1.32. The molecular formula is C4H4NO3. The largest absolute Gasteiger partial charge is 0.503 e. The topological polar surface area (TPSA) is 74.8 Å². The van der Waals surface area contributed by atoms with Gasteiger partial charge in [0.15, 0.2) is 5.76 Å². The highest BCUT2D eigenvalue weighted by Crippen LogP contribution is 2.08. The summed E-state index contributed by atoms with van der Waals surface area (Å²) in [5.41, 5.74) is 0. The van der Waals surface area contributed by atoms with Gasteiger partial charge in [-0.2, -0.15) is 5.32 Å². The zero-order chi connectivity index (χ0) is 6.15. The van der Waals surface area contributed by atoms with Crippen LogP contribution in [0.2, 0.25) is 0 Å². The lowest BCUT2D eigenvalue weighted by Gasteiger charge is -1.87. The van der Waals surface area contributed by atoms with Crippen LogP contribution in [0.4, 0.5) is 0 Å². The van der Waals surface area contributed by atoms with Crippen molar-refractivity contribution >= 4 is 0 Å². The van der Waals surface area contributed by atoms with Crippen molar-refractivity contribution in [2.24, 2.45) is 0 Å². The van der Waals surface area contributed by atoms with E-state index in [2.05, 4.69) is 5.32 Å². The molecule has 4 heteroatoms. The number of aliphatic hydroxyl groups excluding tert-OH is 3. The second kappa shape index (κ2) is 1.33. The summed E-state index contributed by atoms with van der Waals surface area (Å²) in [4.78, 5) is 0. The Balaban J connectivity index is 2.79. The smallest absolute Gasteiger partial charge is 0.257 e. The summed E-state index contributed by atoms with van der Waals surface area (Å²) in [6.07, 6.45) is 0.954. The maximum atomic E-state index is 8.47. The minimum absolute atomic E-state index is 0.375. The van der Waals surface area contributed by atoms with E-state index >= 15 is 0 Å². The normalized spacial score (nSPS) is 18.2. The van der Waals surface area contributed by atoms with E-state index < -0.39 is 11.6 Å². The van der Waals surface area contributed by atoms with Gasteiger partial charge in [0.05, 0.1) is 0 Å². The summed E-state index contributed by atoms with van der Waals surface area (Å²) in [6.45, 7) is 0. The highest BCUT2D eigenvalue weighted by Gasteiger charge is 2.13. The summed E-state index contributed by atoms with van der Waals surface area (Å²) in [5, 5.41) is 28.4. The van der Waals surface area contributed by atoms with Gasteiger partial charge in [0.1, 0.15) is 0 Å². The van der Waals surface area contributed by atoms with Crippen molar-refractivity contribution in [2.45, 2.75) is 0 Å². The molecule has 0 atom stereocenters. The van der Waals surface area contributed by atoms with Gasteiger partial charge in [-0.3, -0.25) is 0 Å². The van der Waals surface area contributed by atoms with Crippen molar-refractivity contribution in [3.05, 3.63) is 23.6 Å². The molecule has 4 nitrogen and oxygen atoms in total. The fraction of sp³-hybridized carbons (Fsp3) is 0. The Morgan fingerprint density at radius 1 is 1.25 bits per heavy atom. The van der Waals surface area contributed by atoms with E-state index in [4.69, 9.17) is 15.3 Å². The number of aliphatic hydroxyl groups is 3. The first kappa shape index (κ1) is 4.83. The molecule has 0 bridgehead atoms. The molecule has 0 fully saturated rings. The molecule has 3 N–H and O–H groups in total. The average Bonchev–Trinajstić information content (AvgIpc) is 1.85. The molecule has 0 aromatic rings. The van der Waals surface area contributed by atoms with E-state index in [1.807, 2.05) is 0 Å². The molecule has 0 aliphatic carbocycles. The minimum atomic E-state index is -0.539. The monoisotopic (exact) mass is 114 g/mol. The van der Waals surface area contributed by atoms with E-state index in [9.17, 15) is 0 Å². The fourth-order valence-electron chi connectivity index (χ4n) is 0.385. The highest BCUT2D eigenvalue weighted by molar-refractivity contribution is 5.23. The first-order valence-corrected chi connectivity index (χ1v) is 1.95. The molecule has 0 unspecified atom stereocenters. The van der Waals surface area contributed by atoms with Crippen molar-refractivity contribution in [2.75, 3.05) is 0 Å². The van der Waals surface area contributed by atoms with Crippen molar-refractivity contribution in [3.63, 3.8) is 0 Å². The quantitative estimate of drug-likeness (QED) is 0.423. The van der Waals surface area contributed by atoms with Crippen LogP contribution in [0, 0.1) is 0 Å². The van der Waals surface area contributed by atoms with Crippen LogP contribution < -0.4 is 5.32 Å². The summed E-state index contributed by atoms with van der Waals surface area (Å²) in [7, 11) is 0. The third-order valence-electron chi connectivity index (χ3n) is 0.715. The Morgan fingerprint density at radius 2 is 1.88 bits per heavy atom. The third kappa shape index (κ3) is 0.556. The van der Waals surface area contributed by atoms with E-state index in [1.165, 1.54) is 0 Å². The van der Waals surface area contributed by atoms with Gasteiger partial charge in [-0.15, -0.1) is 0 Å². The molecule has 1 radical (unpaired) electrons. The number of hydrogen-bond donors (Lipinski definition) is 3. The van der Waals surface area contributed by atoms with Crippen LogP contribution in [0.1, 0.15) is 0 Å². The van der Waals surface area contributed by atoms with E-state index in [1.54, 1.807) is 0 Å². The Labute approximate surface area is 45.4 Å². The molecule has 43 valence electrons. The minimum Gasteiger partial charge on any atom is -0.503 e. The molecule has 0 saturated heterocycles. The van der Waals surface area contributed by atoms with E-state index in [0.717, 1.165) is 6.08 Å². The predicted octanol–water partition coefficient (Wildman–Crippen LogP) is 0.289. The van der Waals surface area contributed by atoms with Crippen LogP contribution in [0.25, 0.3) is 0 Å².